The highest BCUT2D eigenvalue weighted by Gasteiger charge is 2.25. The molecule has 3 rings (SSSR count). The Bertz CT molecular complexity index is 997. The summed E-state index contributed by atoms with van der Waals surface area (Å²) in [6, 6.07) is 8.40. The van der Waals surface area contributed by atoms with E-state index in [0.29, 0.717) is 22.6 Å². The van der Waals surface area contributed by atoms with Gasteiger partial charge in [0, 0.05) is 36.0 Å². The number of aromatic nitrogens is 1. The number of benzene rings is 1. The molecule has 0 bridgehead atoms. The van der Waals surface area contributed by atoms with Gasteiger partial charge in [-0.3, -0.25) is 9.59 Å². The largest absolute Gasteiger partial charge is 0.350 e. The van der Waals surface area contributed by atoms with Crippen LogP contribution in [0.1, 0.15) is 59.6 Å². The first-order valence-electron chi connectivity index (χ1n) is 10.4. The highest BCUT2D eigenvalue weighted by atomic mass is 19.1. The van der Waals surface area contributed by atoms with Gasteiger partial charge in [-0.05, 0) is 74.6 Å². The summed E-state index contributed by atoms with van der Waals surface area (Å²) in [5, 5.41) is 13.4. The Kier molecular flexibility index (Phi) is 7.28. The molecular weight excluding hydrogens is 395 g/mol. The van der Waals surface area contributed by atoms with Crippen molar-refractivity contribution in [3.8, 4) is 0 Å². The molecule has 6 nitrogen and oxygen atoms in total. The van der Waals surface area contributed by atoms with Gasteiger partial charge in [0.25, 0.3) is 0 Å². The maximum Gasteiger partial charge on any atom is 0.243 e. The first-order valence-corrected chi connectivity index (χ1v) is 10.4. The molecule has 0 saturated heterocycles. The van der Waals surface area contributed by atoms with Gasteiger partial charge < -0.3 is 16.0 Å². The zero-order valence-electron chi connectivity index (χ0n) is 17.6. The van der Waals surface area contributed by atoms with E-state index >= 15 is 0 Å². The van der Waals surface area contributed by atoms with Crippen LogP contribution in [0.4, 0.5) is 15.9 Å². The third kappa shape index (κ3) is 5.63. The molecule has 1 aromatic carbocycles. The van der Waals surface area contributed by atoms with Crippen LogP contribution in [-0.2, 0) is 4.79 Å². The molecule has 1 aromatic heterocycles. The molecule has 1 aliphatic carbocycles. The number of ketones is 1. The molecule has 0 aliphatic heterocycles. The van der Waals surface area contributed by atoms with Crippen molar-refractivity contribution in [2.24, 2.45) is 0 Å². The second-order valence-electron chi connectivity index (χ2n) is 7.81. The van der Waals surface area contributed by atoms with Gasteiger partial charge in [0.2, 0.25) is 5.91 Å². The van der Waals surface area contributed by atoms with Gasteiger partial charge in [0.1, 0.15) is 11.6 Å². The van der Waals surface area contributed by atoms with Gasteiger partial charge in [-0.25, -0.2) is 9.37 Å². The number of nitrogens with zero attached hydrogens (tertiary/aromatic N) is 1. The minimum atomic E-state index is -0.298. The number of rotatable bonds is 8. The molecule has 162 valence electrons. The molecule has 1 aliphatic rings. The molecule has 1 fully saturated rings. The van der Waals surface area contributed by atoms with Crippen molar-refractivity contribution in [3.63, 3.8) is 0 Å². The second-order valence-corrected chi connectivity index (χ2v) is 7.81. The van der Waals surface area contributed by atoms with Gasteiger partial charge >= 0.3 is 0 Å². The highest BCUT2D eigenvalue weighted by molar-refractivity contribution is 6.06. The average molecular weight is 423 g/mol. The summed E-state index contributed by atoms with van der Waals surface area (Å²) in [6.45, 7) is 5.16. The summed E-state index contributed by atoms with van der Waals surface area (Å²) < 4.78 is 13.6. The Hall–Kier alpha value is -3.35. The average Bonchev–Trinajstić information content (AvgIpc) is 2.77. The summed E-state index contributed by atoms with van der Waals surface area (Å²) in [7, 11) is 0. The van der Waals surface area contributed by atoms with Crippen molar-refractivity contribution in [2.75, 3.05) is 5.32 Å². The number of amides is 1. The van der Waals surface area contributed by atoms with Crippen LogP contribution in [0.3, 0.4) is 0 Å². The molecule has 1 saturated carbocycles. The van der Waals surface area contributed by atoms with Crippen molar-refractivity contribution in [2.45, 2.75) is 51.0 Å². The molecular formula is C24H27FN4O2. The standard InChI is InChI=1S/C24H27FN4O2/c1-3-23(31)27-17-6-4-16(5-7-17)21-11-9-19(22(30)12-13-26)24(29-21)28-18-8-10-20(25)15(2)14-18/h3,8-11,13-14,16-17,26H,1,4-7,12H2,2H3,(H,27,31)(H,28,29). The SMILES string of the molecule is C=CC(=O)NC1CCC(c2ccc(C(=O)CC=N)c(Nc3ccc(F)c(C)c3)n2)CC1. The number of Topliss-reactive ketones (excluding diaryl/α,β-unsaturated/α-hetero) is 1. The third-order valence-electron chi connectivity index (χ3n) is 5.60. The summed E-state index contributed by atoms with van der Waals surface area (Å²) in [4.78, 5) is 28.8. The maximum atomic E-state index is 13.6. The van der Waals surface area contributed by atoms with E-state index in [0.717, 1.165) is 37.6 Å². The third-order valence-corrected chi connectivity index (χ3v) is 5.60. The number of aryl methyl sites for hydroxylation is 1. The van der Waals surface area contributed by atoms with E-state index in [4.69, 9.17) is 10.4 Å². The van der Waals surface area contributed by atoms with Crippen LogP contribution in [0.25, 0.3) is 0 Å². The van der Waals surface area contributed by atoms with Crippen LogP contribution in [0.5, 0.6) is 0 Å². The van der Waals surface area contributed by atoms with Gasteiger partial charge in [0.05, 0.1) is 5.56 Å². The monoisotopic (exact) mass is 422 g/mol. The number of halogens is 1. The van der Waals surface area contributed by atoms with E-state index in [2.05, 4.69) is 17.2 Å². The van der Waals surface area contributed by atoms with E-state index in [1.54, 1.807) is 25.1 Å². The fraction of sp³-hybridized carbons (Fsp3) is 0.333. The molecule has 1 heterocycles. The molecule has 7 heteroatoms. The Morgan fingerprint density at radius 3 is 2.61 bits per heavy atom. The lowest BCUT2D eigenvalue weighted by atomic mass is 9.83. The predicted molar refractivity (Wildman–Crippen MR) is 120 cm³/mol. The molecule has 1 amide bonds. The summed E-state index contributed by atoms with van der Waals surface area (Å²) >= 11 is 0. The number of hydrogen-bond acceptors (Lipinski definition) is 5. The van der Waals surface area contributed by atoms with Crippen LogP contribution < -0.4 is 10.6 Å². The zero-order valence-corrected chi connectivity index (χ0v) is 17.6. The zero-order chi connectivity index (χ0) is 22.4. The van der Waals surface area contributed by atoms with Crippen LogP contribution >= 0.6 is 0 Å². The number of hydrogen-bond donors (Lipinski definition) is 3. The minimum Gasteiger partial charge on any atom is -0.350 e. The lowest BCUT2D eigenvalue weighted by molar-refractivity contribution is -0.117. The van der Waals surface area contributed by atoms with Crippen LogP contribution in [0.15, 0.2) is 43.0 Å². The minimum absolute atomic E-state index is 0.00768. The van der Waals surface area contributed by atoms with E-state index < -0.39 is 0 Å². The molecule has 3 N–H and O–H groups in total. The molecule has 31 heavy (non-hydrogen) atoms. The van der Waals surface area contributed by atoms with Crippen molar-refractivity contribution in [3.05, 3.63) is 65.6 Å². The number of anilines is 2. The predicted octanol–water partition coefficient (Wildman–Crippen LogP) is 4.82. The summed E-state index contributed by atoms with van der Waals surface area (Å²) in [6.07, 6.45) is 5.79. The van der Waals surface area contributed by atoms with E-state index in [9.17, 15) is 14.0 Å². The lowest BCUT2D eigenvalue weighted by Crippen LogP contribution is -2.36. The van der Waals surface area contributed by atoms with Crippen molar-refractivity contribution >= 4 is 29.4 Å². The number of nitrogens with one attached hydrogen (secondary N) is 3. The lowest BCUT2D eigenvalue weighted by Gasteiger charge is -2.29. The van der Waals surface area contributed by atoms with Gasteiger partial charge in [0.15, 0.2) is 5.78 Å². The first kappa shape index (κ1) is 22.3. The quantitative estimate of drug-likeness (QED) is 0.323. The van der Waals surface area contributed by atoms with Crippen LogP contribution in [0, 0.1) is 18.2 Å². The van der Waals surface area contributed by atoms with Gasteiger partial charge in [-0.2, -0.15) is 0 Å². The molecule has 0 atom stereocenters. The number of carbonyl (C=O) groups excluding carboxylic acids is 2. The van der Waals surface area contributed by atoms with Crippen LogP contribution in [-0.4, -0.2) is 28.9 Å². The van der Waals surface area contributed by atoms with E-state index in [-0.39, 0.29) is 35.9 Å². The van der Waals surface area contributed by atoms with Crippen LogP contribution in [0.2, 0.25) is 0 Å². The molecule has 0 radical (unpaired) electrons. The van der Waals surface area contributed by atoms with Crippen molar-refractivity contribution < 1.29 is 14.0 Å². The number of carbonyl (C=O) groups is 2. The van der Waals surface area contributed by atoms with Gasteiger partial charge in [-0.15, -0.1) is 0 Å². The Morgan fingerprint density at radius 1 is 1.23 bits per heavy atom. The maximum absolute atomic E-state index is 13.6. The van der Waals surface area contributed by atoms with Crippen molar-refractivity contribution in [1.29, 1.82) is 5.41 Å². The highest BCUT2D eigenvalue weighted by Crippen LogP contribution is 2.34. The Balaban J connectivity index is 1.82. The number of pyridine rings is 1. The van der Waals surface area contributed by atoms with Gasteiger partial charge in [-0.1, -0.05) is 6.58 Å². The Morgan fingerprint density at radius 2 is 1.97 bits per heavy atom. The molecule has 0 spiro atoms. The van der Waals surface area contributed by atoms with E-state index in [1.165, 1.54) is 12.1 Å². The molecule has 2 aromatic rings. The molecule has 0 unspecified atom stereocenters. The first-order chi connectivity index (χ1) is 14.9. The normalized spacial score (nSPS) is 18.1. The van der Waals surface area contributed by atoms with Crippen molar-refractivity contribution in [1.82, 2.24) is 10.3 Å². The smallest absolute Gasteiger partial charge is 0.243 e. The fourth-order valence-corrected chi connectivity index (χ4v) is 3.88. The second kappa shape index (κ2) is 10.1. The summed E-state index contributed by atoms with van der Waals surface area (Å²) in [5.74, 6) is -0.0210. The fourth-order valence-electron chi connectivity index (χ4n) is 3.88. The summed E-state index contributed by atoms with van der Waals surface area (Å²) in [5.41, 5.74) is 2.42. The van der Waals surface area contributed by atoms with E-state index in [1.807, 2.05) is 6.07 Å². The Labute approximate surface area is 181 Å². The topological polar surface area (TPSA) is 94.9 Å².